The van der Waals surface area contributed by atoms with Crippen molar-refractivity contribution in [1.82, 2.24) is 4.98 Å². The van der Waals surface area contributed by atoms with Crippen LogP contribution in [0.15, 0.2) is 35.9 Å². The first kappa shape index (κ1) is 21.6. The van der Waals surface area contributed by atoms with Crippen LogP contribution >= 0.6 is 11.6 Å². The lowest BCUT2D eigenvalue weighted by atomic mass is 9.79. The van der Waals surface area contributed by atoms with Crippen LogP contribution in [0.4, 0.5) is 0 Å². The lowest BCUT2D eigenvalue weighted by Crippen LogP contribution is -2.12. The van der Waals surface area contributed by atoms with Crippen molar-refractivity contribution in [3.05, 3.63) is 74.6 Å². The second-order valence-corrected chi connectivity index (χ2v) is 8.76. The molecule has 0 saturated carbocycles. The van der Waals surface area contributed by atoms with Crippen LogP contribution in [0.25, 0.3) is 5.57 Å². The molecule has 1 aromatic carbocycles. The van der Waals surface area contributed by atoms with Gasteiger partial charge in [0.15, 0.2) is 0 Å². The van der Waals surface area contributed by atoms with Gasteiger partial charge in [0.25, 0.3) is 0 Å². The molecule has 2 nitrogen and oxygen atoms in total. The van der Waals surface area contributed by atoms with Gasteiger partial charge in [0.1, 0.15) is 6.29 Å². The first-order valence-corrected chi connectivity index (χ1v) is 11.1. The van der Waals surface area contributed by atoms with E-state index in [1.54, 1.807) is 0 Å². The first-order chi connectivity index (χ1) is 13.9. The minimum Gasteiger partial charge on any atom is -0.362 e. The molecule has 1 aliphatic carbocycles. The second kappa shape index (κ2) is 9.17. The third-order valence-corrected chi connectivity index (χ3v) is 6.46. The molecule has 1 atom stereocenters. The number of aromatic nitrogens is 1. The van der Waals surface area contributed by atoms with E-state index in [1.165, 1.54) is 35.4 Å². The van der Waals surface area contributed by atoms with Gasteiger partial charge in [-0.3, -0.25) is 0 Å². The lowest BCUT2D eigenvalue weighted by Gasteiger charge is -2.23. The summed E-state index contributed by atoms with van der Waals surface area (Å²) in [6.45, 7) is 12.6. The molecule has 2 aromatic rings. The monoisotopic (exact) mass is 409 g/mol. The Morgan fingerprint density at radius 1 is 1.28 bits per heavy atom. The van der Waals surface area contributed by atoms with Crippen LogP contribution in [0.5, 0.6) is 0 Å². The fourth-order valence-corrected chi connectivity index (χ4v) is 4.84. The molecule has 1 heterocycles. The number of aryl methyl sites for hydroxylation is 3. The summed E-state index contributed by atoms with van der Waals surface area (Å²) in [6.07, 6.45) is 7.45. The Balaban J connectivity index is 2.38. The van der Waals surface area contributed by atoms with Crippen molar-refractivity contribution in [3.8, 4) is 0 Å². The zero-order valence-corrected chi connectivity index (χ0v) is 18.9. The Morgan fingerprint density at radius 2 is 2.00 bits per heavy atom. The van der Waals surface area contributed by atoms with E-state index in [4.69, 9.17) is 11.6 Å². The first-order valence-electron chi connectivity index (χ1n) is 10.7. The van der Waals surface area contributed by atoms with E-state index >= 15 is 0 Å². The summed E-state index contributed by atoms with van der Waals surface area (Å²) in [4.78, 5) is 15.8. The van der Waals surface area contributed by atoms with E-state index < -0.39 is 0 Å². The number of aromatic amines is 1. The molecule has 0 amide bonds. The number of hydrogen-bond donors (Lipinski definition) is 1. The minimum atomic E-state index is -0.166. The van der Waals surface area contributed by atoms with Crippen LogP contribution in [-0.4, -0.2) is 11.3 Å². The number of carbonyl (C=O) groups excluding carboxylic acids is 1. The van der Waals surface area contributed by atoms with Crippen molar-refractivity contribution in [2.24, 2.45) is 5.92 Å². The maximum absolute atomic E-state index is 12.1. The lowest BCUT2D eigenvalue weighted by molar-refractivity contribution is -0.110. The van der Waals surface area contributed by atoms with Crippen molar-refractivity contribution in [2.75, 3.05) is 0 Å². The van der Waals surface area contributed by atoms with E-state index in [0.29, 0.717) is 0 Å². The van der Waals surface area contributed by atoms with Crippen LogP contribution in [0.1, 0.15) is 73.2 Å². The van der Waals surface area contributed by atoms with Gasteiger partial charge in [-0.15, -0.1) is 0 Å². The number of carbonyl (C=O) groups is 1. The van der Waals surface area contributed by atoms with Crippen LogP contribution in [0, 0.1) is 19.8 Å². The standard InChI is InChI=1S/C26H32ClNO/c1-6-9-20(15-29)24(16(2)3)26(19-13-12-17(4)22(27)14-19)25-18(5)28-23-11-8-7-10-21(23)25/h12-15,20,28H,2,6-11H2,1,3-5H3/b26-24+. The number of hydrogen-bond acceptors (Lipinski definition) is 1. The molecular weight excluding hydrogens is 378 g/mol. The van der Waals surface area contributed by atoms with Crippen LogP contribution in [0.3, 0.4) is 0 Å². The molecule has 154 valence electrons. The maximum Gasteiger partial charge on any atom is 0.127 e. The third kappa shape index (κ3) is 4.28. The molecule has 1 aromatic heterocycles. The van der Waals surface area contributed by atoms with Gasteiger partial charge in [0.2, 0.25) is 0 Å². The molecular formula is C26H32ClNO. The highest BCUT2D eigenvalue weighted by molar-refractivity contribution is 6.31. The molecule has 0 bridgehead atoms. The normalized spacial score (nSPS) is 15.5. The number of halogens is 1. The van der Waals surface area contributed by atoms with E-state index in [2.05, 4.69) is 37.5 Å². The predicted molar refractivity (Wildman–Crippen MR) is 124 cm³/mol. The van der Waals surface area contributed by atoms with Gasteiger partial charge in [0.05, 0.1) is 0 Å². The van der Waals surface area contributed by atoms with Gasteiger partial charge < -0.3 is 9.78 Å². The van der Waals surface area contributed by atoms with Crippen molar-refractivity contribution in [2.45, 2.75) is 66.2 Å². The average Bonchev–Trinajstić information content (AvgIpc) is 3.02. The highest BCUT2D eigenvalue weighted by atomic mass is 35.5. The van der Waals surface area contributed by atoms with Crippen molar-refractivity contribution >= 4 is 23.5 Å². The average molecular weight is 410 g/mol. The SMILES string of the molecule is C=C(C)/C(=C(/c1ccc(C)c(Cl)c1)c1c(C)[nH]c2c1CCCC2)C(C=O)CCC. The fraction of sp³-hybridized carbons (Fsp3) is 0.423. The van der Waals surface area contributed by atoms with Crippen LogP contribution in [-0.2, 0) is 17.6 Å². The molecule has 0 aliphatic heterocycles. The van der Waals surface area contributed by atoms with Crippen molar-refractivity contribution in [1.29, 1.82) is 0 Å². The molecule has 1 N–H and O–H groups in total. The minimum absolute atomic E-state index is 0.166. The Morgan fingerprint density at radius 3 is 2.62 bits per heavy atom. The zero-order valence-electron chi connectivity index (χ0n) is 18.1. The smallest absolute Gasteiger partial charge is 0.127 e. The number of nitrogens with one attached hydrogen (secondary N) is 1. The van der Waals surface area contributed by atoms with E-state index in [9.17, 15) is 4.79 Å². The number of aldehydes is 1. The molecule has 1 aliphatic rings. The second-order valence-electron chi connectivity index (χ2n) is 8.35. The highest BCUT2D eigenvalue weighted by Crippen LogP contribution is 2.41. The summed E-state index contributed by atoms with van der Waals surface area (Å²) in [5.74, 6) is -0.166. The summed E-state index contributed by atoms with van der Waals surface area (Å²) in [7, 11) is 0. The van der Waals surface area contributed by atoms with Gasteiger partial charge >= 0.3 is 0 Å². The van der Waals surface area contributed by atoms with Crippen molar-refractivity contribution < 1.29 is 4.79 Å². The quantitative estimate of drug-likeness (QED) is 0.382. The number of H-pyrrole nitrogens is 1. The van der Waals surface area contributed by atoms with Gasteiger partial charge in [-0.2, -0.15) is 0 Å². The van der Waals surface area contributed by atoms with Gasteiger partial charge in [-0.1, -0.05) is 49.2 Å². The largest absolute Gasteiger partial charge is 0.362 e. The summed E-state index contributed by atoms with van der Waals surface area (Å²) < 4.78 is 0. The fourth-order valence-electron chi connectivity index (χ4n) is 4.66. The summed E-state index contributed by atoms with van der Waals surface area (Å²) >= 11 is 6.54. The number of allylic oxidation sites excluding steroid dienone is 2. The third-order valence-electron chi connectivity index (χ3n) is 6.06. The molecule has 0 saturated heterocycles. The number of rotatable bonds is 7. The maximum atomic E-state index is 12.1. The van der Waals surface area contributed by atoms with E-state index in [1.807, 2.05) is 19.9 Å². The van der Waals surface area contributed by atoms with E-state index in [0.717, 1.165) is 64.8 Å². The summed E-state index contributed by atoms with van der Waals surface area (Å²) in [5, 5.41) is 0.751. The van der Waals surface area contributed by atoms with Crippen LogP contribution in [0.2, 0.25) is 5.02 Å². The molecule has 0 radical (unpaired) electrons. The number of fused-ring (bicyclic) bond motifs is 1. The zero-order chi connectivity index (χ0) is 21.1. The van der Waals surface area contributed by atoms with E-state index in [-0.39, 0.29) is 5.92 Å². The topological polar surface area (TPSA) is 32.9 Å². The predicted octanol–water partition coefficient (Wildman–Crippen LogP) is 7.16. The highest BCUT2D eigenvalue weighted by Gasteiger charge is 2.27. The van der Waals surface area contributed by atoms with Gasteiger partial charge in [0, 0.05) is 27.9 Å². The van der Waals surface area contributed by atoms with Crippen molar-refractivity contribution in [3.63, 3.8) is 0 Å². The molecule has 3 heteroatoms. The Kier molecular flexibility index (Phi) is 6.85. The molecule has 29 heavy (non-hydrogen) atoms. The molecule has 0 spiro atoms. The Hall–Kier alpha value is -2.06. The Labute approximate surface area is 180 Å². The van der Waals surface area contributed by atoms with Gasteiger partial charge in [-0.25, -0.2) is 0 Å². The van der Waals surface area contributed by atoms with Gasteiger partial charge in [-0.05, 0) is 86.8 Å². The molecule has 3 rings (SSSR count). The Bertz CT molecular complexity index is 963. The summed E-state index contributed by atoms with van der Waals surface area (Å²) in [5.41, 5.74) is 10.4. The summed E-state index contributed by atoms with van der Waals surface area (Å²) in [6, 6.07) is 6.25. The molecule has 0 fully saturated rings. The number of benzene rings is 1. The van der Waals surface area contributed by atoms with Crippen LogP contribution < -0.4 is 0 Å². The molecule has 1 unspecified atom stereocenters.